The summed E-state index contributed by atoms with van der Waals surface area (Å²) in [4.78, 5) is 36.3. The van der Waals surface area contributed by atoms with Crippen LogP contribution in [0, 0.1) is 11.3 Å². The Bertz CT molecular complexity index is 764. The van der Waals surface area contributed by atoms with Crippen molar-refractivity contribution in [3.05, 3.63) is 35.9 Å². The van der Waals surface area contributed by atoms with Crippen LogP contribution in [0.25, 0.3) is 0 Å². The summed E-state index contributed by atoms with van der Waals surface area (Å²) in [5.41, 5.74) is 10.4. The number of nitrogens with two attached hydrogens (primary N) is 3. The van der Waals surface area contributed by atoms with E-state index in [1.165, 1.54) is 0 Å². The van der Waals surface area contributed by atoms with Crippen molar-refractivity contribution in [2.45, 2.75) is 57.7 Å². The standard InChI is InChI=1S/C20H30N4O5/c1-18(2,3)20(29-17(22)27)10-9-14(15(25)24-23)12-19(20,28-16(21)26)11-13-7-5-4-6-8-13/h4-8,14H,9-12,23H2,1-3H3,(H2,21,26)(H2,22,27)(H,24,25)/t14-,19+,20-/m0/s1. The predicted molar refractivity (Wildman–Crippen MR) is 106 cm³/mol. The maximum atomic E-state index is 12.3. The Morgan fingerprint density at radius 2 is 1.69 bits per heavy atom. The van der Waals surface area contributed by atoms with Crippen LogP contribution in [0.4, 0.5) is 9.59 Å². The number of hydrogen-bond donors (Lipinski definition) is 4. The van der Waals surface area contributed by atoms with Gasteiger partial charge in [-0.05, 0) is 18.4 Å². The van der Waals surface area contributed by atoms with Crippen LogP contribution in [0.3, 0.4) is 0 Å². The fraction of sp³-hybridized carbons (Fsp3) is 0.550. The van der Waals surface area contributed by atoms with Gasteiger partial charge in [0.2, 0.25) is 5.91 Å². The van der Waals surface area contributed by atoms with Crippen LogP contribution >= 0.6 is 0 Å². The number of carbonyl (C=O) groups is 3. The van der Waals surface area contributed by atoms with E-state index in [0.717, 1.165) is 5.56 Å². The second kappa shape index (κ2) is 8.28. The van der Waals surface area contributed by atoms with Gasteiger partial charge in [0.05, 0.1) is 0 Å². The maximum absolute atomic E-state index is 12.3. The Morgan fingerprint density at radius 1 is 1.10 bits per heavy atom. The first kappa shape index (κ1) is 22.5. The van der Waals surface area contributed by atoms with Crippen molar-refractivity contribution in [2.24, 2.45) is 28.6 Å². The molecule has 0 unspecified atom stereocenters. The molecule has 1 saturated carbocycles. The minimum atomic E-state index is -1.43. The molecule has 1 aromatic rings. The van der Waals surface area contributed by atoms with E-state index in [0.29, 0.717) is 6.42 Å². The molecular formula is C20H30N4O5. The Balaban J connectivity index is 2.70. The van der Waals surface area contributed by atoms with Gasteiger partial charge in [-0.15, -0.1) is 0 Å². The Labute approximate surface area is 170 Å². The van der Waals surface area contributed by atoms with Gasteiger partial charge in [0.15, 0.2) is 11.2 Å². The summed E-state index contributed by atoms with van der Waals surface area (Å²) in [5.74, 6) is 4.39. The van der Waals surface area contributed by atoms with Crippen LogP contribution < -0.4 is 22.7 Å². The van der Waals surface area contributed by atoms with Gasteiger partial charge in [-0.1, -0.05) is 51.1 Å². The van der Waals surface area contributed by atoms with E-state index in [2.05, 4.69) is 5.43 Å². The molecule has 9 nitrogen and oxygen atoms in total. The van der Waals surface area contributed by atoms with Gasteiger partial charge in [0, 0.05) is 24.2 Å². The number of nitrogens with one attached hydrogen (secondary N) is 1. The molecule has 1 aliphatic rings. The molecule has 0 radical (unpaired) electrons. The molecule has 160 valence electrons. The van der Waals surface area contributed by atoms with Gasteiger partial charge < -0.3 is 20.9 Å². The first-order chi connectivity index (χ1) is 13.5. The lowest BCUT2D eigenvalue weighted by atomic mass is 9.56. The lowest BCUT2D eigenvalue weighted by Crippen LogP contribution is -2.70. The zero-order chi connectivity index (χ0) is 21.9. The average Bonchev–Trinajstić information content (AvgIpc) is 2.61. The molecular weight excluding hydrogens is 376 g/mol. The van der Waals surface area contributed by atoms with E-state index in [-0.39, 0.29) is 19.3 Å². The second-order valence-corrected chi connectivity index (χ2v) is 8.52. The SMILES string of the molecule is CC(C)(C)[C@@]1(OC(N)=O)CC[C@H](C(=O)NN)C[C@@]1(Cc1ccccc1)OC(N)=O. The molecule has 7 N–H and O–H groups in total. The summed E-state index contributed by atoms with van der Waals surface area (Å²) in [6, 6.07) is 9.25. The second-order valence-electron chi connectivity index (χ2n) is 8.52. The molecule has 1 aromatic carbocycles. The highest BCUT2D eigenvalue weighted by atomic mass is 16.6. The van der Waals surface area contributed by atoms with Gasteiger partial charge >= 0.3 is 12.2 Å². The van der Waals surface area contributed by atoms with Gasteiger partial charge in [0.25, 0.3) is 0 Å². The number of ether oxygens (including phenoxy) is 2. The molecule has 29 heavy (non-hydrogen) atoms. The fourth-order valence-corrected chi connectivity index (χ4v) is 4.63. The van der Waals surface area contributed by atoms with Crippen molar-refractivity contribution in [1.29, 1.82) is 0 Å². The Kier molecular flexibility index (Phi) is 6.42. The van der Waals surface area contributed by atoms with Crippen LogP contribution in [0.15, 0.2) is 30.3 Å². The van der Waals surface area contributed by atoms with E-state index in [9.17, 15) is 14.4 Å². The van der Waals surface area contributed by atoms with Crippen molar-refractivity contribution in [3.8, 4) is 0 Å². The van der Waals surface area contributed by atoms with Gasteiger partial charge in [-0.25, -0.2) is 15.4 Å². The van der Waals surface area contributed by atoms with Gasteiger partial charge in [-0.2, -0.15) is 0 Å². The van der Waals surface area contributed by atoms with Crippen LogP contribution in [0.2, 0.25) is 0 Å². The fourth-order valence-electron chi connectivity index (χ4n) is 4.63. The highest BCUT2D eigenvalue weighted by molar-refractivity contribution is 5.78. The molecule has 0 heterocycles. The third kappa shape index (κ3) is 4.45. The van der Waals surface area contributed by atoms with Crippen molar-refractivity contribution >= 4 is 18.1 Å². The number of amides is 3. The topological polar surface area (TPSA) is 160 Å². The highest BCUT2D eigenvalue weighted by Crippen LogP contribution is 2.55. The minimum absolute atomic E-state index is 0.0679. The highest BCUT2D eigenvalue weighted by Gasteiger charge is 2.66. The normalized spacial score (nSPS) is 27.0. The van der Waals surface area contributed by atoms with Crippen LogP contribution in [-0.2, 0) is 20.7 Å². The Hall–Kier alpha value is -2.81. The molecule has 0 spiro atoms. The van der Waals surface area contributed by atoms with E-state index in [1.807, 2.05) is 51.1 Å². The summed E-state index contributed by atoms with van der Waals surface area (Å²) >= 11 is 0. The van der Waals surface area contributed by atoms with Crippen LogP contribution in [0.5, 0.6) is 0 Å². The predicted octanol–water partition coefficient (Wildman–Crippen LogP) is 1.73. The monoisotopic (exact) mass is 406 g/mol. The van der Waals surface area contributed by atoms with Gasteiger partial charge in [0.1, 0.15) is 0 Å². The molecule has 0 bridgehead atoms. The zero-order valence-corrected chi connectivity index (χ0v) is 17.1. The molecule has 1 fully saturated rings. The van der Waals surface area contributed by atoms with Gasteiger partial charge in [-0.3, -0.25) is 10.2 Å². The molecule has 9 heteroatoms. The number of primary amides is 2. The third-order valence-electron chi connectivity index (χ3n) is 5.78. The molecule has 0 aliphatic heterocycles. The van der Waals surface area contributed by atoms with Crippen molar-refractivity contribution in [2.75, 3.05) is 0 Å². The Morgan fingerprint density at radius 3 is 2.17 bits per heavy atom. The molecule has 1 aliphatic carbocycles. The molecule has 0 aromatic heterocycles. The summed E-state index contributed by atoms with van der Waals surface area (Å²) in [6.45, 7) is 5.59. The van der Waals surface area contributed by atoms with Crippen LogP contribution in [0.1, 0.15) is 45.6 Å². The smallest absolute Gasteiger partial charge is 0.405 e. The van der Waals surface area contributed by atoms with E-state index >= 15 is 0 Å². The third-order valence-corrected chi connectivity index (χ3v) is 5.78. The number of benzene rings is 1. The first-order valence-corrected chi connectivity index (χ1v) is 9.47. The van der Waals surface area contributed by atoms with Crippen LogP contribution in [-0.4, -0.2) is 29.3 Å². The first-order valence-electron chi connectivity index (χ1n) is 9.47. The lowest BCUT2D eigenvalue weighted by Gasteiger charge is -2.58. The number of hydrogen-bond acceptors (Lipinski definition) is 6. The lowest BCUT2D eigenvalue weighted by molar-refractivity contribution is -0.226. The summed E-state index contributed by atoms with van der Waals surface area (Å²) in [5, 5.41) is 0. The summed E-state index contributed by atoms with van der Waals surface area (Å²) < 4.78 is 11.5. The number of hydrazine groups is 1. The van der Waals surface area contributed by atoms with Crippen molar-refractivity contribution in [1.82, 2.24) is 5.43 Å². The molecule has 2 rings (SSSR count). The van der Waals surface area contributed by atoms with E-state index in [1.54, 1.807) is 0 Å². The largest absolute Gasteiger partial charge is 0.438 e. The molecule has 3 atom stereocenters. The van der Waals surface area contributed by atoms with Crippen molar-refractivity contribution < 1.29 is 23.9 Å². The minimum Gasteiger partial charge on any atom is -0.438 e. The molecule has 3 amide bonds. The number of carbonyl (C=O) groups excluding carboxylic acids is 3. The van der Waals surface area contributed by atoms with E-state index in [4.69, 9.17) is 26.8 Å². The average molecular weight is 406 g/mol. The number of rotatable bonds is 5. The summed E-state index contributed by atoms with van der Waals surface area (Å²) in [7, 11) is 0. The van der Waals surface area contributed by atoms with E-state index < -0.39 is 40.6 Å². The maximum Gasteiger partial charge on any atom is 0.405 e. The van der Waals surface area contributed by atoms with Crippen molar-refractivity contribution in [3.63, 3.8) is 0 Å². The zero-order valence-electron chi connectivity index (χ0n) is 17.1. The summed E-state index contributed by atoms with van der Waals surface area (Å²) in [6.07, 6.45) is -1.18. The quantitative estimate of drug-likeness (QED) is 0.331. The molecule has 0 saturated heterocycles.